The fourth-order valence-electron chi connectivity index (χ4n) is 2.93. The molecule has 0 radical (unpaired) electrons. The summed E-state index contributed by atoms with van der Waals surface area (Å²) in [5.74, 6) is 0.841. The minimum atomic E-state index is 0.779. The number of nitrogens with two attached hydrogens (primary N) is 1. The van der Waals surface area contributed by atoms with E-state index in [1.807, 2.05) is 18.3 Å². The van der Waals surface area contributed by atoms with Gasteiger partial charge in [0.1, 0.15) is 0 Å². The molecule has 1 atom stereocenters. The van der Waals surface area contributed by atoms with Crippen molar-refractivity contribution >= 4 is 22.3 Å². The average molecular weight is 255 g/mol. The summed E-state index contributed by atoms with van der Waals surface area (Å²) >= 11 is 0. The van der Waals surface area contributed by atoms with Crippen LogP contribution in [0.5, 0.6) is 0 Å². The zero-order valence-corrected chi connectivity index (χ0v) is 11.5. The highest BCUT2D eigenvalue weighted by Gasteiger charge is 2.16. The summed E-state index contributed by atoms with van der Waals surface area (Å²) < 4.78 is 0. The van der Waals surface area contributed by atoms with Gasteiger partial charge in [-0.1, -0.05) is 6.92 Å². The van der Waals surface area contributed by atoms with E-state index < -0.39 is 0 Å². The molecule has 2 aromatic rings. The Bertz CT molecular complexity index is 579. The van der Waals surface area contributed by atoms with Crippen molar-refractivity contribution < 1.29 is 0 Å². The minimum absolute atomic E-state index is 0.779. The molecule has 1 aromatic carbocycles. The molecule has 1 saturated heterocycles. The zero-order chi connectivity index (χ0) is 13.2. The van der Waals surface area contributed by atoms with Crippen LogP contribution in [0, 0.1) is 5.92 Å². The van der Waals surface area contributed by atoms with Crippen LogP contribution >= 0.6 is 0 Å². The van der Waals surface area contributed by atoms with Gasteiger partial charge in [-0.15, -0.1) is 0 Å². The molecule has 19 heavy (non-hydrogen) atoms. The second kappa shape index (κ2) is 5.08. The summed E-state index contributed by atoms with van der Waals surface area (Å²) in [4.78, 5) is 6.93. The van der Waals surface area contributed by atoms with Gasteiger partial charge in [0, 0.05) is 36.0 Å². The standard InChI is InChI=1S/C16H21N3/c1-12-3-2-9-19(10-7-12)16-6-8-18-15-11-13(17)4-5-14(15)16/h4-6,8,11-12H,2-3,7,9-10,17H2,1H3. The predicted octanol–water partition coefficient (Wildman–Crippen LogP) is 3.44. The summed E-state index contributed by atoms with van der Waals surface area (Å²) in [6.45, 7) is 4.65. The number of fused-ring (bicyclic) bond motifs is 1. The Hall–Kier alpha value is -1.77. The monoisotopic (exact) mass is 255 g/mol. The Morgan fingerprint density at radius 1 is 1.21 bits per heavy atom. The lowest BCUT2D eigenvalue weighted by molar-refractivity contribution is 0.521. The second-order valence-electron chi connectivity index (χ2n) is 5.63. The maximum absolute atomic E-state index is 5.84. The van der Waals surface area contributed by atoms with E-state index in [4.69, 9.17) is 5.73 Å². The van der Waals surface area contributed by atoms with Gasteiger partial charge in [0.2, 0.25) is 0 Å². The van der Waals surface area contributed by atoms with Gasteiger partial charge in [0.25, 0.3) is 0 Å². The van der Waals surface area contributed by atoms with Crippen molar-refractivity contribution in [1.82, 2.24) is 4.98 Å². The molecule has 0 saturated carbocycles. The molecule has 100 valence electrons. The first kappa shape index (κ1) is 12.3. The molecule has 1 fully saturated rings. The lowest BCUT2D eigenvalue weighted by atomic mass is 10.0. The van der Waals surface area contributed by atoms with Gasteiger partial charge in [0.15, 0.2) is 0 Å². The Morgan fingerprint density at radius 2 is 2.11 bits per heavy atom. The lowest BCUT2D eigenvalue weighted by Crippen LogP contribution is -2.24. The van der Waals surface area contributed by atoms with Crippen LogP contribution in [0.3, 0.4) is 0 Å². The molecule has 3 heteroatoms. The first-order chi connectivity index (χ1) is 9.24. The molecule has 2 heterocycles. The van der Waals surface area contributed by atoms with E-state index in [-0.39, 0.29) is 0 Å². The Morgan fingerprint density at radius 3 is 3.00 bits per heavy atom. The highest BCUT2D eigenvalue weighted by molar-refractivity contribution is 5.93. The molecule has 0 amide bonds. The van der Waals surface area contributed by atoms with E-state index in [0.717, 1.165) is 30.2 Å². The largest absolute Gasteiger partial charge is 0.399 e. The summed E-state index contributed by atoms with van der Waals surface area (Å²) in [7, 11) is 0. The number of benzene rings is 1. The van der Waals surface area contributed by atoms with Gasteiger partial charge >= 0.3 is 0 Å². The first-order valence-electron chi connectivity index (χ1n) is 7.13. The van der Waals surface area contributed by atoms with E-state index in [0.29, 0.717) is 0 Å². The number of anilines is 2. The Balaban J connectivity index is 2.00. The second-order valence-corrected chi connectivity index (χ2v) is 5.63. The first-order valence-corrected chi connectivity index (χ1v) is 7.13. The number of hydrogen-bond donors (Lipinski definition) is 1. The average Bonchev–Trinajstić information content (AvgIpc) is 2.62. The maximum atomic E-state index is 5.84. The number of rotatable bonds is 1. The van der Waals surface area contributed by atoms with Gasteiger partial charge in [-0.25, -0.2) is 0 Å². The van der Waals surface area contributed by atoms with Crippen LogP contribution in [0.1, 0.15) is 26.2 Å². The molecular formula is C16H21N3. The van der Waals surface area contributed by atoms with Gasteiger partial charge in [-0.05, 0) is 49.4 Å². The third-order valence-corrected chi connectivity index (χ3v) is 4.10. The van der Waals surface area contributed by atoms with Gasteiger partial charge in [-0.3, -0.25) is 4.98 Å². The van der Waals surface area contributed by atoms with Crippen LogP contribution in [-0.4, -0.2) is 18.1 Å². The molecule has 0 bridgehead atoms. The third-order valence-electron chi connectivity index (χ3n) is 4.10. The van der Waals surface area contributed by atoms with Crippen LogP contribution in [0.15, 0.2) is 30.5 Å². The fraction of sp³-hybridized carbons (Fsp3) is 0.438. The third kappa shape index (κ3) is 2.50. The van der Waals surface area contributed by atoms with E-state index in [9.17, 15) is 0 Å². The molecule has 1 aliphatic heterocycles. The predicted molar refractivity (Wildman–Crippen MR) is 81.4 cm³/mol. The van der Waals surface area contributed by atoms with E-state index in [1.54, 1.807) is 0 Å². The van der Waals surface area contributed by atoms with Crippen molar-refractivity contribution in [3.8, 4) is 0 Å². The fourth-order valence-corrected chi connectivity index (χ4v) is 2.93. The summed E-state index contributed by atoms with van der Waals surface area (Å²) in [5.41, 5.74) is 8.92. The molecule has 1 aromatic heterocycles. The summed E-state index contributed by atoms with van der Waals surface area (Å²) in [6.07, 6.45) is 5.79. The van der Waals surface area contributed by atoms with Crippen LogP contribution in [0.2, 0.25) is 0 Å². The van der Waals surface area contributed by atoms with Crippen LogP contribution < -0.4 is 10.6 Å². The quantitative estimate of drug-likeness (QED) is 0.794. The summed E-state index contributed by atoms with van der Waals surface area (Å²) in [6, 6.07) is 8.16. The highest BCUT2D eigenvalue weighted by Crippen LogP contribution is 2.29. The summed E-state index contributed by atoms with van der Waals surface area (Å²) in [5, 5.41) is 1.21. The molecular weight excluding hydrogens is 234 g/mol. The van der Waals surface area contributed by atoms with E-state index in [2.05, 4.69) is 28.9 Å². The van der Waals surface area contributed by atoms with Crippen LogP contribution in [-0.2, 0) is 0 Å². The number of aromatic nitrogens is 1. The highest BCUT2D eigenvalue weighted by atomic mass is 15.1. The maximum Gasteiger partial charge on any atom is 0.0743 e. The lowest BCUT2D eigenvalue weighted by Gasteiger charge is -2.24. The number of nitrogen functional groups attached to an aromatic ring is 1. The van der Waals surface area contributed by atoms with Crippen molar-refractivity contribution in [2.24, 2.45) is 5.92 Å². The Labute approximate surface area is 114 Å². The smallest absolute Gasteiger partial charge is 0.0743 e. The molecule has 0 aliphatic carbocycles. The van der Waals surface area contributed by atoms with E-state index >= 15 is 0 Å². The van der Waals surface area contributed by atoms with Crippen LogP contribution in [0.25, 0.3) is 10.9 Å². The van der Waals surface area contributed by atoms with Gasteiger partial charge in [0.05, 0.1) is 5.52 Å². The number of nitrogens with zero attached hydrogens (tertiary/aromatic N) is 2. The number of pyridine rings is 1. The molecule has 3 rings (SSSR count). The van der Waals surface area contributed by atoms with Crippen molar-refractivity contribution in [3.63, 3.8) is 0 Å². The SMILES string of the molecule is CC1CCCN(c2ccnc3cc(N)ccc23)CC1. The normalized spacial score (nSPS) is 20.5. The molecule has 3 nitrogen and oxygen atoms in total. The number of hydrogen-bond acceptors (Lipinski definition) is 3. The molecule has 1 unspecified atom stereocenters. The van der Waals surface area contributed by atoms with Crippen molar-refractivity contribution in [3.05, 3.63) is 30.5 Å². The van der Waals surface area contributed by atoms with Crippen molar-refractivity contribution in [1.29, 1.82) is 0 Å². The minimum Gasteiger partial charge on any atom is -0.399 e. The molecule has 1 aliphatic rings. The Kier molecular flexibility index (Phi) is 3.28. The van der Waals surface area contributed by atoms with Crippen LogP contribution in [0.4, 0.5) is 11.4 Å². The van der Waals surface area contributed by atoms with E-state index in [1.165, 1.54) is 30.3 Å². The van der Waals surface area contributed by atoms with Gasteiger partial charge in [-0.2, -0.15) is 0 Å². The van der Waals surface area contributed by atoms with Crippen molar-refractivity contribution in [2.75, 3.05) is 23.7 Å². The van der Waals surface area contributed by atoms with Gasteiger partial charge < -0.3 is 10.6 Å². The molecule has 2 N–H and O–H groups in total. The zero-order valence-electron chi connectivity index (χ0n) is 11.5. The van der Waals surface area contributed by atoms with Crippen molar-refractivity contribution in [2.45, 2.75) is 26.2 Å². The molecule has 0 spiro atoms. The topological polar surface area (TPSA) is 42.2 Å².